The summed E-state index contributed by atoms with van der Waals surface area (Å²) in [6.45, 7) is 2.60. The van der Waals surface area contributed by atoms with Crippen LogP contribution in [0.4, 0.5) is 0 Å². The molecule has 0 aliphatic carbocycles. The van der Waals surface area contributed by atoms with Gasteiger partial charge in [0.15, 0.2) is 0 Å². The Labute approximate surface area is 146 Å². The number of carbonyl (C=O) groups is 1. The number of ether oxygens (including phenoxy) is 1. The maximum atomic E-state index is 11.7. The van der Waals surface area contributed by atoms with Crippen molar-refractivity contribution in [2.24, 2.45) is 0 Å². The summed E-state index contributed by atoms with van der Waals surface area (Å²) in [5.74, 6) is 1.20. The van der Waals surface area contributed by atoms with Gasteiger partial charge in [0.25, 0.3) is 0 Å². The van der Waals surface area contributed by atoms with Crippen LogP contribution in [-0.2, 0) is 11.3 Å². The quantitative estimate of drug-likeness (QED) is 0.503. The van der Waals surface area contributed by atoms with Crippen molar-refractivity contribution in [3.05, 3.63) is 58.9 Å². The molecule has 3 N–H and O–H groups in total. The molecule has 0 fully saturated rings. The van der Waals surface area contributed by atoms with Gasteiger partial charge in [-0.15, -0.1) is 0 Å². The maximum Gasteiger partial charge on any atom is 0.361 e. The molecular formula is C18H22N3O4+. The van der Waals surface area contributed by atoms with Crippen LogP contribution in [0.2, 0.25) is 0 Å². The van der Waals surface area contributed by atoms with Gasteiger partial charge in [0, 0.05) is 0 Å². The first kappa shape index (κ1) is 18.4. The van der Waals surface area contributed by atoms with Crippen LogP contribution < -0.4 is 15.5 Å². The van der Waals surface area contributed by atoms with E-state index in [1.165, 1.54) is 0 Å². The second kappa shape index (κ2) is 10.0. The summed E-state index contributed by atoms with van der Waals surface area (Å²) in [6.07, 6.45) is 1.30. The number of furan rings is 1. The fourth-order valence-corrected chi connectivity index (χ4v) is 1.91. The molecule has 132 valence electrons. The topological polar surface area (TPSA) is 88.1 Å². The minimum absolute atomic E-state index is 0.0974. The largest absolute Gasteiger partial charge is 0.489 e. The number of nitrogens with one attached hydrogen (secondary N) is 2. The molecule has 0 aliphatic heterocycles. The van der Waals surface area contributed by atoms with Crippen LogP contribution in [-0.4, -0.2) is 30.3 Å². The molecule has 2 aromatic rings. The van der Waals surface area contributed by atoms with Gasteiger partial charge in [-0.3, -0.25) is 4.79 Å². The molecule has 1 atom stereocenters. The van der Waals surface area contributed by atoms with Gasteiger partial charge < -0.3 is 19.6 Å². The number of nitrogens with zero attached hydrogens (tertiary/aromatic N) is 1. The monoisotopic (exact) mass is 344 g/mol. The summed E-state index contributed by atoms with van der Waals surface area (Å²) in [4.78, 5) is 15.6. The number of aliphatic hydroxyl groups is 1. The van der Waals surface area contributed by atoms with Crippen LogP contribution in [0.15, 0.2) is 47.1 Å². The van der Waals surface area contributed by atoms with E-state index in [2.05, 4.69) is 21.8 Å². The van der Waals surface area contributed by atoms with Crippen molar-refractivity contribution in [1.82, 2.24) is 10.7 Å². The molecule has 1 amide bonds. The third-order valence-corrected chi connectivity index (χ3v) is 3.13. The molecule has 25 heavy (non-hydrogen) atoms. The summed E-state index contributed by atoms with van der Waals surface area (Å²) in [7, 11) is 0. The van der Waals surface area contributed by atoms with E-state index in [9.17, 15) is 9.90 Å². The SMILES string of the molecule is CC(O)COc1ccccc1C#[N+]NCCC(=O)NCc1ccco1. The van der Waals surface area contributed by atoms with Gasteiger partial charge >= 0.3 is 6.07 Å². The van der Waals surface area contributed by atoms with Crippen molar-refractivity contribution in [2.45, 2.75) is 26.0 Å². The molecule has 1 heterocycles. The molecule has 0 spiro atoms. The smallest absolute Gasteiger partial charge is 0.361 e. The highest BCUT2D eigenvalue weighted by molar-refractivity contribution is 5.75. The van der Waals surface area contributed by atoms with Crippen molar-refractivity contribution >= 4 is 5.91 Å². The molecule has 0 radical (unpaired) electrons. The lowest BCUT2D eigenvalue weighted by Gasteiger charge is -2.07. The second-order valence-corrected chi connectivity index (χ2v) is 5.39. The van der Waals surface area contributed by atoms with Gasteiger partial charge in [-0.25, -0.2) is 0 Å². The predicted molar refractivity (Wildman–Crippen MR) is 93.1 cm³/mol. The van der Waals surface area contributed by atoms with Crippen molar-refractivity contribution in [3.8, 4) is 11.8 Å². The van der Waals surface area contributed by atoms with E-state index < -0.39 is 6.10 Å². The summed E-state index contributed by atoms with van der Waals surface area (Å²) in [6, 6.07) is 13.7. The zero-order chi connectivity index (χ0) is 17.9. The third kappa shape index (κ3) is 6.97. The van der Waals surface area contributed by atoms with Crippen LogP contribution >= 0.6 is 0 Å². The Morgan fingerprint density at radius 2 is 2.20 bits per heavy atom. The summed E-state index contributed by atoms with van der Waals surface area (Å²) >= 11 is 0. The third-order valence-electron chi connectivity index (χ3n) is 3.13. The molecular weight excluding hydrogens is 322 g/mol. The molecule has 7 heteroatoms. The Hall–Kier alpha value is -2.98. The van der Waals surface area contributed by atoms with Gasteiger partial charge in [0.2, 0.25) is 5.91 Å². The number of para-hydroxylation sites is 1. The van der Waals surface area contributed by atoms with Gasteiger partial charge in [-0.05, 0) is 31.2 Å². The van der Waals surface area contributed by atoms with Gasteiger partial charge in [0.05, 0.1) is 36.8 Å². The number of benzene rings is 1. The molecule has 1 aromatic carbocycles. The van der Waals surface area contributed by atoms with E-state index in [1.54, 1.807) is 37.5 Å². The number of hydrogen-bond acceptors (Lipinski definition) is 5. The number of carbonyl (C=O) groups excluding carboxylic acids is 1. The van der Waals surface area contributed by atoms with Crippen molar-refractivity contribution < 1.29 is 19.1 Å². The van der Waals surface area contributed by atoms with Gasteiger partial charge in [-0.2, -0.15) is 0 Å². The normalized spacial score (nSPS) is 11.1. The molecule has 0 bridgehead atoms. The summed E-state index contributed by atoms with van der Waals surface area (Å²) in [5.41, 5.74) is 3.44. The Morgan fingerprint density at radius 1 is 1.36 bits per heavy atom. The minimum Gasteiger partial charge on any atom is -0.489 e. The average molecular weight is 344 g/mol. The first-order valence-electron chi connectivity index (χ1n) is 8.02. The van der Waals surface area contributed by atoms with Crippen molar-refractivity contribution in [2.75, 3.05) is 13.2 Å². The highest BCUT2D eigenvalue weighted by Gasteiger charge is 2.08. The molecule has 1 unspecified atom stereocenters. The lowest BCUT2D eigenvalue weighted by atomic mass is 10.2. The zero-order valence-corrected chi connectivity index (χ0v) is 14.1. The van der Waals surface area contributed by atoms with Gasteiger partial charge in [0.1, 0.15) is 23.7 Å². The van der Waals surface area contributed by atoms with E-state index in [0.29, 0.717) is 30.2 Å². The number of aliphatic hydroxyl groups excluding tert-OH is 1. The van der Waals surface area contributed by atoms with E-state index >= 15 is 0 Å². The standard InChI is InChI=1S/C18H21N3O4/c1-14(22)13-25-17-7-3-2-5-15(17)11-21-20-9-8-18(23)19-12-16-6-4-10-24-16/h2-7,10,14,20,22H,8-9,12-13H2,1H3/p+1. The first-order valence-corrected chi connectivity index (χ1v) is 8.02. The minimum atomic E-state index is -0.553. The van der Waals surface area contributed by atoms with Crippen LogP contribution in [0, 0.1) is 6.07 Å². The van der Waals surface area contributed by atoms with Crippen LogP contribution in [0.5, 0.6) is 5.75 Å². The highest BCUT2D eigenvalue weighted by atomic mass is 16.5. The Bertz CT molecular complexity index is 717. The van der Waals surface area contributed by atoms with E-state index in [4.69, 9.17) is 9.15 Å². The fraction of sp³-hybridized carbons (Fsp3) is 0.333. The highest BCUT2D eigenvalue weighted by Crippen LogP contribution is 2.16. The Morgan fingerprint density at radius 3 is 2.96 bits per heavy atom. The first-order chi connectivity index (χ1) is 12.1. The fourth-order valence-electron chi connectivity index (χ4n) is 1.91. The Kier molecular flexibility index (Phi) is 7.35. The van der Waals surface area contributed by atoms with Crippen LogP contribution in [0.1, 0.15) is 24.7 Å². The Balaban J connectivity index is 1.72. The van der Waals surface area contributed by atoms with Gasteiger partial charge in [-0.1, -0.05) is 17.6 Å². The lowest BCUT2D eigenvalue weighted by molar-refractivity contribution is -0.121. The second-order valence-electron chi connectivity index (χ2n) is 5.39. The van der Waals surface area contributed by atoms with Crippen molar-refractivity contribution in [3.63, 3.8) is 0 Å². The molecule has 2 rings (SSSR count). The molecule has 0 aliphatic rings. The van der Waals surface area contributed by atoms with Crippen LogP contribution in [0.3, 0.4) is 0 Å². The number of amides is 1. The zero-order valence-electron chi connectivity index (χ0n) is 14.1. The predicted octanol–water partition coefficient (Wildman–Crippen LogP) is 1.93. The number of hydrogen-bond donors (Lipinski definition) is 3. The summed E-state index contributed by atoms with van der Waals surface area (Å²) < 4.78 is 10.6. The lowest BCUT2D eigenvalue weighted by Crippen LogP contribution is -2.25. The molecule has 7 nitrogen and oxygen atoms in total. The summed E-state index contributed by atoms with van der Waals surface area (Å²) in [5, 5.41) is 12.0. The van der Waals surface area contributed by atoms with Crippen molar-refractivity contribution in [1.29, 1.82) is 0 Å². The molecule has 0 saturated heterocycles. The maximum absolute atomic E-state index is 11.7. The average Bonchev–Trinajstić information content (AvgIpc) is 3.12. The van der Waals surface area contributed by atoms with Crippen LogP contribution in [0.25, 0.3) is 4.95 Å². The molecule has 0 saturated carbocycles. The van der Waals surface area contributed by atoms with E-state index in [0.717, 1.165) is 0 Å². The molecule has 1 aromatic heterocycles. The van der Waals surface area contributed by atoms with E-state index in [1.807, 2.05) is 12.1 Å². The van der Waals surface area contributed by atoms with E-state index in [-0.39, 0.29) is 18.9 Å². The number of rotatable bonds is 8.